The van der Waals surface area contributed by atoms with Crippen LogP contribution in [0, 0.1) is 0 Å². The largest absolute Gasteiger partial charge is 0.304 e. The van der Waals surface area contributed by atoms with Gasteiger partial charge in [0, 0.05) is 33.3 Å². The van der Waals surface area contributed by atoms with Gasteiger partial charge in [0.1, 0.15) is 5.82 Å². The maximum Gasteiger partial charge on any atom is 0.278 e. The number of fused-ring (bicyclic) bond motifs is 1. The topological polar surface area (TPSA) is 66.7 Å². The molecule has 98 valence electrons. The Morgan fingerprint density at radius 3 is 2.89 bits per heavy atom. The Bertz CT molecular complexity index is 633. The molecule has 0 atom stereocenters. The predicted molar refractivity (Wildman–Crippen MR) is 69.5 cm³/mol. The molecule has 2 aromatic rings. The number of aromatic nitrogens is 2. The molecule has 2 heterocycles. The van der Waals surface area contributed by atoms with Crippen LogP contribution in [0.1, 0.15) is 5.82 Å². The number of imidazole rings is 1. The molecule has 1 N–H and O–H groups in total. The molecule has 0 unspecified atom stereocenters. The highest BCUT2D eigenvalue weighted by molar-refractivity contribution is 7.87. The van der Waals surface area contributed by atoms with Gasteiger partial charge in [-0.15, -0.1) is 0 Å². The van der Waals surface area contributed by atoms with Crippen molar-refractivity contribution in [2.75, 3.05) is 20.6 Å². The number of nitrogens with zero attached hydrogens (tertiary/aromatic N) is 3. The van der Waals surface area contributed by atoms with Crippen molar-refractivity contribution in [2.45, 2.75) is 6.42 Å². The Balaban J connectivity index is 2.03. The van der Waals surface area contributed by atoms with Crippen LogP contribution in [-0.2, 0) is 16.6 Å². The lowest BCUT2D eigenvalue weighted by Crippen LogP contribution is -2.36. The van der Waals surface area contributed by atoms with Crippen molar-refractivity contribution in [2.24, 2.45) is 0 Å². The van der Waals surface area contributed by atoms with E-state index in [-0.39, 0.29) is 0 Å². The van der Waals surface area contributed by atoms with Crippen LogP contribution in [0.4, 0.5) is 0 Å². The lowest BCUT2D eigenvalue weighted by molar-refractivity contribution is 0.505. The van der Waals surface area contributed by atoms with Crippen LogP contribution < -0.4 is 4.72 Å². The van der Waals surface area contributed by atoms with Crippen LogP contribution in [0.15, 0.2) is 30.6 Å². The second-order valence-corrected chi connectivity index (χ2v) is 6.07. The Hall–Kier alpha value is -1.44. The van der Waals surface area contributed by atoms with E-state index < -0.39 is 10.2 Å². The Labute approximate surface area is 106 Å². The molecular weight excluding hydrogens is 252 g/mol. The van der Waals surface area contributed by atoms with E-state index in [4.69, 9.17) is 0 Å². The van der Waals surface area contributed by atoms with Crippen LogP contribution in [0.5, 0.6) is 0 Å². The summed E-state index contributed by atoms with van der Waals surface area (Å²) in [5.74, 6) is 0.840. The smallest absolute Gasteiger partial charge is 0.278 e. The van der Waals surface area contributed by atoms with Crippen LogP contribution in [0.3, 0.4) is 0 Å². The van der Waals surface area contributed by atoms with Gasteiger partial charge in [0.2, 0.25) is 0 Å². The van der Waals surface area contributed by atoms with E-state index in [0.717, 1.165) is 15.6 Å². The third-order valence-electron chi connectivity index (χ3n) is 2.63. The zero-order valence-corrected chi connectivity index (χ0v) is 11.2. The van der Waals surface area contributed by atoms with E-state index in [1.54, 1.807) is 6.20 Å². The van der Waals surface area contributed by atoms with Gasteiger partial charge in [0.25, 0.3) is 10.2 Å². The quantitative estimate of drug-likeness (QED) is 0.846. The molecule has 0 saturated carbocycles. The Kier molecular flexibility index (Phi) is 3.65. The summed E-state index contributed by atoms with van der Waals surface area (Å²) in [6.45, 7) is 0.328. The van der Waals surface area contributed by atoms with Gasteiger partial charge in [-0.25, -0.2) is 9.71 Å². The summed E-state index contributed by atoms with van der Waals surface area (Å²) in [4.78, 5) is 4.27. The fraction of sp³-hybridized carbons (Fsp3) is 0.364. The molecular formula is C11H16N4O2S. The van der Waals surface area contributed by atoms with Crippen molar-refractivity contribution in [3.05, 3.63) is 36.4 Å². The summed E-state index contributed by atoms with van der Waals surface area (Å²) in [7, 11) is -0.372. The lowest BCUT2D eigenvalue weighted by Gasteiger charge is -2.11. The first kappa shape index (κ1) is 13.0. The Morgan fingerprint density at radius 1 is 1.39 bits per heavy atom. The summed E-state index contributed by atoms with van der Waals surface area (Å²) in [5, 5.41) is 0. The van der Waals surface area contributed by atoms with Crippen LogP contribution in [0.25, 0.3) is 5.52 Å². The minimum absolute atomic E-state index is 0.328. The monoisotopic (exact) mass is 268 g/mol. The molecule has 0 aliphatic carbocycles. The van der Waals surface area contributed by atoms with Crippen molar-refractivity contribution in [1.29, 1.82) is 0 Å². The maximum atomic E-state index is 11.5. The van der Waals surface area contributed by atoms with E-state index in [0.29, 0.717) is 13.0 Å². The molecule has 2 rings (SSSR count). The van der Waals surface area contributed by atoms with Gasteiger partial charge < -0.3 is 4.40 Å². The number of rotatable bonds is 5. The second kappa shape index (κ2) is 5.05. The molecule has 0 saturated heterocycles. The normalized spacial score (nSPS) is 12.4. The first-order chi connectivity index (χ1) is 8.50. The van der Waals surface area contributed by atoms with Gasteiger partial charge in [-0.1, -0.05) is 6.07 Å². The number of nitrogens with one attached hydrogen (secondary N) is 1. The molecule has 0 fully saturated rings. The van der Waals surface area contributed by atoms with Crippen molar-refractivity contribution in [1.82, 2.24) is 18.4 Å². The molecule has 0 spiro atoms. The summed E-state index contributed by atoms with van der Waals surface area (Å²) in [6.07, 6.45) is 4.24. The van der Waals surface area contributed by atoms with E-state index in [1.807, 2.05) is 28.8 Å². The molecule has 0 radical (unpaired) electrons. The molecule has 7 heteroatoms. The van der Waals surface area contributed by atoms with E-state index in [1.165, 1.54) is 14.1 Å². The molecule has 0 amide bonds. The number of hydrogen-bond acceptors (Lipinski definition) is 3. The average Bonchev–Trinajstić information content (AvgIpc) is 2.72. The third-order valence-corrected chi connectivity index (χ3v) is 4.16. The number of pyridine rings is 1. The van der Waals surface area contributed by atoms with Crippen LogP contribution in [-0.4, -0.2) is 42.7 Å². The van der Waals surface area contributed by atoms with Crippen molar-refractivity contribution < 1.29 is 8.42 Å². The standard InChI is InChI=1S/C11H16N4O2S/c1-14(2)18(16,17)13-7-6-11-12-9-10-5-3-4-8-15(10)11/h3-5,8-9,13H,6-7H2,1-2H3. The van der Waals surface area contributed by atoms with Gasteiger partial charge in [-0.2, -0.15) is 12.7 Å². The molecule has 18 heavy (non-hydrogen) atoms. The van der Waals surface area contributed by atoms with E-state index >= 15 is 0 Å². The van der Waals surface area contributed by atoms with Gasteiger partial charge in [-0.05, 0) is 12.1 Å². The predicted octanol–water partition coefficient (Wildman–Crippen LogP) is 0.273. The Morgan fingerprint density at radius 2 is 2.17 bits per heavy atom. The fourth-order valence-corrected chi connectivity index (χ4v) is 2.22. The summed E-state index contributed by atoms with van der Waals surface area (Å²) >= 11 is 0. The summed E-state index contributed by atoms with van der Waals surface area (Å²) in [5.41, 5.74) is 1.00. The minimum Gasteiger partial charge on any atom is -0.304 e. The third kappa shape index (κ3) is 2.69. The van der Waals surface area contributed by atoms with Crippen LogP contribution >= 0.6 is 0 Å². The van der Waals surface area contributed by atoms with Gasteiger partial charge in [-0.3, -0.25) is 0 Å². The SMILES string of the molecule is CN(C)S(=O)(=O)NCCc1ncc2ccccn12. The molecule has 0 aliphatic rings. The summed E-state index contributed by atoms with van der Waals surface area (Å²) in [6, 6.07) is 5.82. The highest BCUT2D eigenvalue weighted by atomic mass is 32.2. The van der Waals surface area contributed by atoms with Crippen molar-refractivity contribution in [3.8, 4) is 0 Å². The van der Waals surface area contributed by atoms with Crippen molar-refractivity contribution in [3.63, 3.8) is 0 Å². The maximum absolute atomic E-state index is 11.5. The van der Waals surface area contributed by atoms with E-state index in [2.05, 4.69) is 9.71 Å². The van der Waals surface area contributed by atoms with E-state index in [9.17, 15) is 8.42 Å². The first-order valence-corrected chi connectivity index (χ1v) is 7.03. The first-order valence-electron chi connectivity index (χ1n) is 5.59. The fourth-order valence-electron chi connectivity index (χ4n) is 1.61. The van der Waals surface area contributed by atoms with Crippen molar-refractivity contribution >= 4 is 15.7 Å². The van der Waals surface area contributed by atoms with Gasteiger partial charge in [0.15, 0.2) is 0 Å². The average molecular weight is 268 g/mol. The van der Waals surface area contributed by atoms with Crippen LogP contribution in [0.2, 0.25) is 0 Å². The minimum atomic E-state index is -3.36. The highest BCUT2D eigenvalue weighted by Crippen LogP contribution is 2.06. The molecule has 0 bridgehead atoms. The molecule has 6 nitrogen and oxygen atoms in total. The molecule has 0 aromatic carbocycles. The highest BCUT2D eigenvalue weighted by Gasteiger charge is 2.12. The molecule has 0 aliphatic heterocycles. The molecule has 2 aromatic heterocycles. The zero-order valence-electron chi connectivity index (χ0n) is 10.4. The van der Waals surface area contributed by atoms with Gasteiger partial charge >= 0.3 is 0 Å². The van der Waals surface area contributed by atoms with Gasteiger partial charge in [0.05, 0.1) is 11.7 Å². The second-order valence-electron chi connectivity index (χ2n) is 4.10. The number of hydrogen-bond donors (Lipinski definition) is 1. The summed E-state index contributed by atoms with van der Waals surface area (Å²) < 4.78 is 28.6. The lowest BCUT2D eigenvalue weighted by atomic mass is 10.4. The zero-order chi connectivity index (χ0) is 13.2.